The number of hydrogen-bond acceptors (Lipinski definition) is 3. The number of carbonyl (C=O) groups is 2. The first kappa shape index (κ1) is 13.6. The average molecular weight is 280 g/mol. The SMILES string of the molecule is N#CCC1CCC=C(CN2C(=O)c3ccccc3C2=O)C1. The molecule has 0 saturated carbocycles. The third-order valence-electron chi connectivity index (χ3n) is 4.18. The summed E-state index contributed by atoms with van der Waals surface area (Å²) in [4.78, 5) is 26.0. The molecular weight excluding hydrogens is 264 g/mol. The summed E-state index contributed by atoms with van der Waals surface area (Å²) in [5, 5.41) is 8.80. The van der Waals surface area contributed by atoms with E-state index < -0.39 is 0 Å². The number of carbonyl (C=O) groups excluding carboxylic acids is 2. The van der Waals surface area contributed by atoms with E-state index in [4.69, 9.17) is 5.26 Å². The fourth-order valence-electron chi connectivity index (χ4n) is 3.10. The number of rotatable bonds is 3. The van der Waals surface area contributed by atoms with Gasteiger partial charge in [-0.2, -0.15) is 5.26 Å². The normalized spacial score (nSPS) is 21.0. The van der Waals surface area contributed by atoms with Crippen LogP contribution >= 0.6 is 0 Å². The zero-order chi connectivity index (χ0) is 14.8. The van der Waals surface area contributed by atoms with Crippen molar-refractivity contribution in [2.24, 2.45) is 5.92 Å². The van der Waals surface area contributed by atoms with Gasteiger partial charge in [0.15, 0.2) is 0 Å². The maximum atomic E-state index is 12.3. The van der Waals surface area contributed by atoms with Crippen LogP contribution < -0.4 is 0 Å². The van der Waals surface area contributed by atoms with E-state index in [1.807, 2.05) is 0 Å². The molecule has 1 aliphatic carbocycles. The van der Waals surface area contributed by atoms with Crippen LogP contribution in [-0.4, -0.2) is 23.3 Å². The van der Waals surface area contributed by atoms with Crippen molar-refractivity contribution in [1.82, 2.24) is 4.90 Å². The molecule has 4 nitrogen and oxygen atoms in total. The molecule has 1 atom stereocenters. The van der Waals surface area contributed by atoms with E-state index >= 15 is 0 Å². The number of nitriles is 1. The molecule has 106 valence electrons. The van der Waals surface area contributed by atoms with Gasteiger partial charge in [-0.15, -0.1) is 0 Å². The lowest BCUT2D eigenvalue weighted by Gasteiger charge is -2.23. The molecule has 2 amide bonds. The number of benzene rings is 1. The number of allylic oxidation sites excluding steroid dienone is 1. The molecule has 1 aromatic rings. The number of amides is 2. The Balaban J connectivity index is 1.75. The Morgan fingerprint density at radius 1 is 1.19 bits per heavy atom. The van der Waals surface area contributed by atoms with Crippen LogP contribution in [0.15, 0.2) is 35.9 Å². The lowest BCUT2D eigenvalue weighted by Crippen LogP contribution is -2.32. The highest BCUT2D eigenvalue weighted by Crippen LogP contribution is 2.29. The van der Waals surface area contributed by atoms with Crippen molar-refractivity contribution in [2.45, 2.75) is 25.7 Å². The van der Waals surface area contributed by atoms with Crippen LogP contribution in [0.2, 0.25) is 0 Å². The molecule has 0 spiro atoms. The van der Waals surface area contributed by atoms with Gasteiger partial charge in [-0.1, -0.05) is 23.8 Å². The van der Waals surface area contributed by atoms with Crippen LogP contribution in [0.25, 0.3) is 0 Å². The highest BCUT2D eigenvalue weighted by atomic mass is 16.2. The molecule has 0 aromatic heterocycles. The van der Waals surface area contributed by atoms with Crippen molar-refractivity contribution in [1.29, 1.82) is 5.26 Å². The van der Waals surface area contributed by atoms with Crippen LogP contribution in [0.3, 0.4) is 0 Å². The Bertz CT molecular complexity index is 635. The van der Waals surface area contributed by atoms with E-state index in [9.17, 15) is 9.59 Å². The summed E-state index contributed by atoms with van der Waals surface area (Å²) >= 11 is 0. The number of imide groups is 1. The minimum atomic E-state index is -0.209. The number of hydrogen-bond donors (Lipinski definition) is 0. The van der Waals surface area contributed by atoms with Crippen molar-refractivity contribution in [3.8, 4) is 6.07 Å². The third kappa shape index (κ3) is 2.47. The van der Waals surface area contributed by atoms with Crippen LogP contribution in [0.1, 0.15) is 46.4 Å². The smallest absolute Gasteiger partial charge is 0.261 e. The van der Waals surface area contributed by atoms with Gasteiger partial charge in [-0.3, -0.25) is 14.5 Å². The lowest BCUT2D eigenvalue weighted by atomic mass is 9.87. The molecule has 0 N–H and O–H groups in total. The molecule has 1 heterocycles. The fourth-order valence-corrected chi connectivity index (χ4v) is 3.10. The first-order valence-corrected chi connectivity index (χ1v) is 7.20. The molecule has 1 aliphatic heterocycles. The first-order chi connectivity index (χ1) is 10.2. The van der Waals surface area contributed by atoms with Crippen LogP contribution in [0.4, 0.5) is 0 Å². The first-order valence-electron chi connectivity index (χ1n) is 7.20. The summed E-state index contributed by atoms with van der Waals surface area (Å²) in [7, 11) is 0. The topological polar surface area (TPSA) is 61.2 Å². The standard InChI is InChI=1S/C17H16N2O2/c18-9-8-12-4-3-5-13(10-12)11-19-16(20)14-6-1-2-7-15(14)17(19)21/h1-2,5-7,12H,3-4,8,10-11H2. The molecular formula is C17H16N2O2. The molecule has 0 fully saturated rings. The van der Waals surface area contributed by atoms with Gasteiger partial charge in [0.1, 0.15) is 0 Å². The fraction of sp³-hybridized carbons (Fsp3) is 0.353. The van der Waals surface area contributed by atoms with Gasteiger partial charge in [-0.25, -0.2) is 0 Å². The second-order valence-electron chi connectivity index (χ2n) is 5.61. The van der Waals surface area contributed by atoms with Gasteiger partial charge in [0, 0.05) is 6.42 Å². The van der Waals surface area contributed by atoms with Crippen molar-refractivity contribution in [3.63, 3.8) is 0 Å². The van der Waals surface area contributed by atoms with E-state index in [1.165, 1.54) is 4.90 Å². The van der Waals surface area contributed by atoms with Crippen molar-refractivity contribution >= 4 is 11.8 Å². The quantitative estimate of drug-likeness (QED) is 0.631. The molecule has 21 heavy (non-hydrogen) atoms. The van der Waals surface area contributed by atoms with Crippen LogP contribution in [0.5, 0.6) is 0 Å². The van der Waals surface area contributed by atoms with Crippen molar-refractivity contribution in [3.05, 3.63) is 47.0 Å². The molecule has 0 saturated heterocycles. The van der Waals surface area contributed by atoms with E-state index in [0.29, 0.717) is 30.0 Å². The molecule has 3 rings (SSSR count). The summed E-state index contributed by atoms with van der Waals surface area (Å²) in [6.07, 6.45) is 5.39. The predicted octanol–water partition coefficient (Wildman–Crippen LogP) is 2.92. The zero-order valence-corrected chi connectivity index (χ0v) is 11.7. The summed E-state index contributed by atoms with van der Waals surface area (Å²) in [5.41, 5.74) is 2.08. The minimum Gasteiger partial charge on any atom is -0.270 e. The largest absolute Gasteiger partial charge is 0.270 e. The zero-order valence-electron chi connectivity index (χ0n) is 11.7. The summed E-state index contributed by atoms with van der Waals surface area (Å²) in [6.45, 7) is 0.355. The number of fused-ring (bicyclic) bond motifs is 1. The minimum absolute atomic E-state index is 0.209. The van der Waals surface area contributed by atoms with Crippen molar-refractivity contribution < 1.29 is 9.59 Å². The monoisotopic (exact) mass is 280 g/mol. The van der Waals surface area contributed by atoms with Gasteiger partial charge in [0.2, 0.25) is 0 Å². The second-order valence-corrected chi connectivity index (χ2v) is 5.61. The van der Waals surface area contributed by atoms with E-state index in [0.717, 1.165) is 24.8 Å². The Kier molecular flexibility index (Phi) is 3.57. The van der Waals surface area contributed by atoms with Crippen LogP contribution in [0, 0.1) is 17.2 Å². The van der Waals surface area contributed by atoms with Gasteiger partial charge in [0.25, 0.3) is 11.8 Å². The Labute approximate surface area is 123 Å². The Hall–Kier alpha value is -2.41. The van der Waals surface area contributed by atoms with Gasteiger partial charge in [-0.05, 0) is 37.3 Å². The molecule has 1 aromatic carbocycles. The van der Waals surface area contributed by atoms with Crippen molar-refractivity contribution in [2.75, 3.05) is 6.54 Å². The molecule has 4 heteroatoms. The van der Waals surface area contributed by atoms with Gasteiger partial charge >= 0.3 is 0 Å². The highest BCUT2D eigenvalue weighted by molar-refractivity contribution is 6.21. The Morgan fingerprint density at radius 3 is 2.48 bits per heavy atom. The van der Waals surface area contributed by atoms with Gasteiger partial charge < -0.3 is 0 Å². The lowest BCUT2D eigenvalue weighted by molar-refractivity contribution is 0.0665. The summed E-state index contributed by atoms with van der Waals surface area (Å²) in [6, 6.07) is 9.15. The van der Waals surface area contributed by atoms with E-state index in [2.05, 4.69) is 12.1 Å². The van der Waals surface area contributed by atoms with Gasteiger partial charge in [0.05, 0.1) is 23.7 Å². The highest BCUT2D eigenvalue weighted by Gasteiger charge is 2.35. The van der Waals surface area contributed by atoms with E-state index in [-0.39, 0.29) is 11.8 Å². The molecule has 2 aliphatic rings. The average Bonchev–Trinajstić information content (AvgIpc) is 2.74. The summed E-state index contributed by atoms with van der Waals surface area (Å²) < 4.78 is 0. The molecule has 0 radical (unpaired) electrons. The predicted molar refractivity (Wildman–Crippen MR) is 77.5 cm³/mol. The Morgan fingerprint density at radius 2 is 1.86 bits per heavy atom. The molecule has 1 unspecified atom stereocenters. The maximum absolute atomic E-state index is 12.3. The second kappa shape index (κ2) is 5.53. The maximum Gasteiger partial charge on any atom is 0.261 e. The molecule has 0 bridgehead atoms. The summed E-state index contributed by atoms with van der Waals surface area (Å²) in [5.74, 6) is -0.0667. The van der Waals surface area contributed by atoms with E-state index in [1.54, 1.807) is 24.3 Å². The van der Waals surface area contributed by atoms with Crippen LogP contribution in [-0.2, 0) is 0 Å². The third-order valence-corrected chi connectivity index (χ3v) is 4.18. The number of nitrogens with zero attached hydrogens (tertiary/aromatic N) is 2.